The number of nitrogens with one attached hydrogen (secondary N) is 1. The van der Waals surface area contributed by atoms with Crippen molar-refractivity contribution in [1.82, 2.24) is 25.0 Å². The average Bonchev–Trinajstić information content (AvgIpc) is 2.95. The molecule has 1 amide bonds. The molecule has 7 nitrogen and oxygen atoms in total. The van der Waals surface area contributed by atoms with E-state index in [0.29, 0.717) is 6.54 Å². The lowest BCUT2D eigenvalue weighted by atomic mass is 10.4. The first kappa shape index (κ1) is 16.3. The molecule has 2 aromatic heterocycles. The number of aryl methyl sites for hydroxylation is 2. The first-order valence-electron chi connectivity index (χ1n) is 6.66. The monoisotopic (exact) mass is 370 g/mol. The third-order valence-electron chi connectivity index (χ3n) is 3.08. The van der Waals surface area contributed by atoms with Crippen LogP contribution in [0.15, 0.2) is 15.8 Å². The molecule has 2 aromatic rings. The second-order valence-corrected chi connectivity index (χ2v) is 5.44. The summed E-state index contributed by atoms with van der Waals surface area (Å²) in [6.45, 7) is 5.95. The van der Waals surface area contributed by atoms with Crippen LogP contribution < -0.4 is 5.43 Å². The number of aromatic nitrogens is 4. The van der Waals surface area contributed by atoms with E-state index in [0.717, 1.165) is 15.9 Å². The fourth-order valence-electron chi connectivity index (χ4n) is 1.87. The lowest BCUT2D eigenvalue weighted by molar-refractivity contribution is -0.121. The normalized spacial score (nSPS) is 11.3. The van der Waals surface area contributed by atoms with Crippen molar-refractivity contribution >= 4 is 28.1 Å². The highest BCUT2D eigenvalue weighted by molar-refractivity contribution is 9.10. The van der Waals surface area contributed by atoms with Crippen molar-refractivity contribution in [2.24, 2.45) is 5.10 Å². The van der Waals surface area contributed by atoms with E-state index < -0.39 is 5.95 Å². The van der Waals surface area contributed by atoms with Gasteiger partial charge < -0.3 is 0 Å². The van der Waals surface area contributed by atoms with E-state index in [1.165, 1.54) is 17.1 Å². The highest BCUT2D eigenvalue weighted by atomic mass is 79.9. The van der Waals surface area contributed by atoms with Gasteiger partial charge in [0.25, 0.3) is 5.91 Å². The number of halogens is 2. The van der Waals surface area contributed by atoms with Gasteiger partial charge in [-0.25, -0.2) is 10.1 Å². The summed E-state index contributed by atoms with van der Waals surface area (Å²) in [5, 5.41) is 11.8. The smallest absolute Gasteiger partial charge is 0.261 e. The Kier molecular flexibility index (Phi) is 5.07. The van der Waals surface area contributed by atoms with Crippen LogP contribution >= 0.6 is 15.9 Å². The fourth-order valence-corrected chi connectivity index (χ4v) is 2.15. The molecule has 1 N–H and O–H groups in total. The van der Waals surface area contributed by atoms with Gasteiger partial charge in [-0.1, -0.05) is 0 Å². The zero-order valence-electron chi connectivity index (χ0n) is 12.5. The summed E-state index contributed by atoms with van der Waals surface area (Å²) >= 11 is 3.39. The number of nitrogens with zero attached hydrogens (tertiary/aromatic N) is 5. The molecule has 0 radical (unpaired) electrons. The van der Waals surface area contributed by atoms with Crippen LogP contribution in [0.2, 0.25) is 0 Å². The third-order valence-corrected chi connectivity index (χ3v) is 4.23. The van der Waals surface area contributed by atoms with Gasteiger partial charge in [-0.05, 0) is 36.7 Å². The maximum absolute atomic E-state index is 13.7. The molecule has 0 bridgehead atoms. The predicted molar refractivity (Wildman–Crippen MR) is 83.0 cm³/mol. The minimum absolute atomic E-state index is 0.0340. The fraction of sp³-hybridized carbons (Fsp3) is 0.385. The standard InChI is InChI=1S/C13H16BrFN6O/c1-4-20-13(15)10(6-17-20)5-16-18-11(22)7-21-9(3)12(14)8(2)19-21/h5-6H,4,7H2,1-3H3,(H,18,22)/b16-5-. The number of hydrazone groups is 1. The highest BCUT2D eigenvalue weighted by Gasteiger charge is 2.11. The second-order valence-electron chi connectivity index (χ2n) is 4.64. The van der Waals surface area contributed by atoms with E-state index in [9.17, 15) is 9.18 Å². The molecule has 22 heavy (non-hydrogen) atoms. The molecule has 0 unspecified atom stereocenters. The number of rotatable bonds is 5. The summed E-state index contributed by atoms with van der Waals surface area (Å²) in [5.74, 6) is -0.833. The Morgan fingerprint density at radius 1 is 1.50 bits per heavy atom. The molecule has 0 aromatic carbocycles. The number of carbonyl (C=O) groups is 1. The number of hydrogen-bond acceptors (Lipinski definition) is 4. The predicted octanol–water partition coefficient (Wildman–Crippen LogP) is 1.77. The Balaban J connectivity index is 1.96. The molecule has 9 heteroatoms. The van der Waals surface area contributed by atoms with E-state index in [-0.39, 0.29) is 18.0 Å². The van der Waals surface area contributed by atoms with Crippen LogP contribution in [0.1, 0.15) is 23.9 Å². The van der Waals surface area contributed by atoms with Crippen LogP contribution in [-0.4, -0.2) is 31.7 Å². The lowest BCUT2D eigenvalue weighted by Gasteiger charge is -2.02. The van der Waals surface area contributed by atoms with E-state index in [1.807, 2.05) is 13.8 Å². The Hall–Kier alpha value is -2.03. The number of hydrogen-bond donors (Lipinski definition) is 1. The molecule has 2 heterocycles. The summed E-state index contributed by atoms with van der Waals surface area (Å²) in [6.07, 6.45) is 2.58. The van der Waals surface area contributed by atoms with Gasteiger partial charge in [0.1, 0.15) is 6.54 Å². The summed E-state index contributed by atoms with van der Waals surface area (Å²) in [6, 6.07) is 0. The minimum atomic E-state index is -0.483. The zero-order valence-corrected chi connectivity index (χ0v) is 14.1. The van der Waals surface area contributed by atoms with Crippen molar-refractivity contribution in [3.63, 3.8) is 0 Å². The van der Waals surface area contributed by atoms with Crippen LogP contribution in [0.4, 0.5) is 4.39 Å². The van der Waals surface area contributed by atoms with Crippen LogP contribution in [0.5, 0.6) is 0 Å². The second kappa shape index (κ2) is 6.82. The largest absolute Gasteiger partial charge is 0.271 e. The first-order valence-corrected chi connectivity index (χ1v) is 7.46. The van der Waals surface area contributed by atoms with Crippen molar-refractivity contribution in [1.29, 1.82) is 0 Å². The molecule has 0 saturated heterocycles. The van der Waals surface area contributed by atoms with E-state index in [2.05, 4.69) is 36.7 Å². The molecule has 0 saturated carbocycles. The van der Waals surface area contributed by atoms with E-state index >= 15 is 0 Å². The highest BCUT2D eigenvalue weighted by Crippen LogP contribution is 2.19. The van der Waals surface area contributed by atoms with Crippen molar-refractivity contribution in [2.45, 2.75) is 33.9 Å². The van der Waals surface area contributed by atoms with Crippen LogP contribution in [0.25, 0.3) is 0 Å². The minimum Gasteiger partial charge on any atom is -0.271 e. The molecule has 0 spiro atoms. The van der Waals surface area contributed by atoms with Gasteiger partial charge in [0.15, 0.2) is 0 Å². The molecule has 0 aliphatic rings. The topological polar surface area (TPSA) is 77.1 Å². The maximum atomic E-state index is 13.7. The third kappa shape index (κ3) is 3.41. The van der Waals surface area contributed by atoms with Gasteiger partial charge in [0.05, 0.1) is 33.8 Å². The molecular weight excluding hydrogens is 355 g/mol. The summed E-state index contributed by atoms with van der Waals surface area (Å²) in [5.41, 5.74) is 4.22. The summed E-state index contributed by atoms with van der Waals surface area (Å²) in [4.78, 5) is 11.8. The SMILES string of the molecule is CCn1ncc(/C=N\NC(=O)Cn2nc(C)c(Br)c2C)c1F. The summed E-state index contributed by atoms with van der Waals surface area (Å²) in [7, 11) is 0. The maximum Gasteiger partial charge on any atom is 0.261 e. The van der Waals surface area contributed by atoms with Crippen molar-refractivity contribution in [2.75, 3.05) is 0 Å². The van der Waals surface area contributed by atoms with Crippen LogP contribution in [0, 0.1) is 19.8 Å². The van der Waals surface area contributed by atoms with Crippen molar-refractivity contribution in [3.05, 3.63) is 33.6 Å². The first-order chi connectivity index (χ1) is 10.4. The Labute approximate surface area is 135 Å². The van der Waals surface area contributed by atoms with E-state index in [1.54, 1.807) is 11.6 Å². The Morgan fingerprint density at radius 2 is 2.23 bits per heavy atom. The number of amides is 1. The van der Waals surface area contributed by atoms with Crippen LogP contribution in [-0.2, 0) is 17.9 Å². The zero-order chi connectivity index (χ0) is 16.3. The molecule has 0 aliphatic carbocycles. The van der Waals surface area contributed by atoms with Gasteiger partial charge in [0.2, 0.25) is 5.95 Å². The number of carbonyl (C=O) groups excluding carboxylic acids is 1. The van der Waals surface area contributed by atoms with Crippen LogP contribution in [0.3, 0.4) is 0 Å². The van der Waals surface area contributed by atoms with Gasteiger partial charge in [-0.2, -0.15) is 19.7 Å². The summed E-state index contributed by atoms with van der Waals surface area (Å²) < 4.78 is 17.3. The van der Waals surface area contributed by atoms with E-state index in [4.69, 9.17) is 0 Å². The molecule has 0 fully saturated rings. The quantitative estimate of drug-likeness (QED) is 0.643. The molecule has 118 valence electrons. The molecule has 2 rings (SSSR count). The van der Waals surface area contributed by atoms with Gasteiger partial charge in [-0.15, -0.1) is 0 Å². The average molecular weight is 371 g/mol. The van der Waals surface area contributed by atoms with Crippen molar-refractivity contribution in [3.8, 4) is 0 Å². The van der Waals surface area contributed by atoms with Gasteiger partial charge in [0, 0.05) is 6.54 Å². The molecular formula is C13H16BrFN6O. The molecule has 0 atom stereocenters. The Bertz CT molecular complexity index is 720. The Morgan fingerprint density at radius 3 is 2.77 bits per heavy atom. The van der Waals surface area contributed by atoms with Gasteiger partial charge in [-0.3, -0.25) is 9.48 Å². The lowest BCUT2D eigenvalue weighted by Crippen LogP contribution is -2.24. The van der Waals surface area contributed by atoms with Gasteiger partial charge >= 0.3 is 0 Å². The van der Waals surface area contributed by atoms with Crippen molar-refractivity contribution < 1.29 is 9.18 Å². The molecule has 0 aliphatic heterocycles.